The molecular weight excluding hydrogens is 422 g/mol. The SMILES string of the molecule is CCOc1cc(/C=N/NC(=O)c2ccc([N+](=O)[O-])cc2)ccc1OC(=O)c1cccs1. The minimum atomic E-state index is -0.544. The quantitative estimate of drug-likeness (QED) is 0.186. The average molecular weight is 439 g/mol. The van der Waals surface area contributed by atoms with E-state index in [0.717, 1.165) is 0 Å². The first-order valence-corrected chi connectivity index (χ1v) is 9.96. The maximum Gasteiger partial charge on any atom is 0.353 e. The molecule has 3 rings (SSSR count). The lowest BCUT2D eigenvalue weighted by Crippen LogP contribution is -2.17. The molecule has 0 fully saturated rings. The van der Waals surface area contributed by atoms with Crippen molar-refractivity contribution < 1.29 is 24.0 Å². The number of hydrogen-bond donors (Lipinski definition) is 1. The number of rotatable bonds is 8. The van der Waals surface area contributed by atoms with Crippen molar-refractivity contribution in [3.05, 3.63) is 86.1 Å². The molecule has 0 saturated carbocycles. The van der Waals surface area contributed by atoms with Gasteiger partial charge >= 0.3 is 5.97 Å². The molecule has 0 saturated heterocycles. The van der Waals surface area contributed by atoms with E-state index in [4.69, 9.17) is 9.47 Å². The van der Waals surface area contributed by atoms with Gasteiger partial charge in [-0.15, -0.1) is 11.3 Å². The number of ether oxygens (including phenoxy) is 2. The highest BCUT2D eigenvalue weighted by Crippen LogP contribution is 2.29. The maximum atomic E-state index is 12.2. The first-order chi connectivity index (χ1) is 15.0. The Kier molecular flexibility index (Phi) is 7.07. The molecule has 9 nitrogen and oxygen atoms in total. The molecule has 1 aromatic heterocycles. The van der Waals surface area contributed by atoms with Crippen molar-refractivity contribution in [1.82, 2.24) is 5.43 Å². The fourth-order valence-electron chi connectivity index (χ4n) is 2.47. The molecule has 0 bridgehead atoms. The fourth-order valence-corrected chi connectivity index (χ4v) is 3.07. The van der Waals surface area contributed by atoms with Crippen molar-refractivity contribution in [2.75, 3.05) is 6.61 Å². The molecule has 1 N–H and O–H groups in total. The lowest BCUT2D eigenvalue weighted by atomic mass is 10.2. The zero-order chi connectivity index (χ0) is 22.2. The lowest BCUT2D eigenvalue weighted by molar-refractivity contribution is -0.384. The Balaban J connectivity index is 1.67. The van der Waals surface area contributed by atoms with Crippen molar-refractivity contribution in [3.63, 3.8) is 0 Å². The molecule has 31 heavy (non-hydrogen) atoms. The van der Waals surface area contributed by atoms with Gasteiger partial charge in [0.2, 0.25) is 0 Å². The molecule has 2 aromatic carbocycles. The average Bonchev–Trinajstić information content (AvgIpc) is 3.31. The molecule has 1 heterocycles. The summed E-state index contributed by atoms with van der Waals surface area (Å²) in [6.07, 6.45) is 1.40. The van der Waals surface area contributed by atoms with Crippen LogP contribution in [0.2, 0.25) is 0 Å². The second-order valence-corrected chi connectivity index (χ2v) is 6.96. The summed E-state index contributed by atoms with van der Waals surface area (Å²) in [7, 11) is 0. The van der Waals surface area contributed by atoms with Crippen molar-refractivity contribution in [1.29, 1.82) is 0 Å². The number of nitro groups is 1. The van der Waals surface area contributed by atoms with E-state index in [0.29, 0.717) is 22.8 Å². The number of benzene rings is 2. The number of nitrogens with one attached hydrogen (secondary N) is 1. The van der Waals surface area contributed by atoms with Crippen molar-refractivity contribution in [3.8, 4) is 11.5 Å². The normalized spacial score (nSPS) is 10.6. The number of carbonyl (C=O) groups is 2. The van der Waals surface area contributed by atoms with Crippen molar-refractivity contribution >= 4 is 35.1 Å². The summed E-state index contributed by atoms with van der Waals surface area (Å²) in [4.78, 5) is 34.9. The monoisotopic (exact) mass is 439 g/mol. The van der Waals surface area contributed by atoms with Gasteiger partial charge in [-0.1, -0.05) is 6.07 Å². The number of amides is 1. The number of nitrogens with zero attached hydrogens (tertiary/aromatic N) is 2. The van der Waals surface area contributed by atoms with Gasteiger partial charge in [-0.05, 0) is 54.3 Å². The molecule has 0 atom stereocenters. The van der Waals surface area contributed by atoms with Crippen LogP contribution in [0.15, 0.2) is 65.1 Å². The zero-order valence-corrected chi connectivity index (χ0v) is 17.1. The van der Waals surface area contributed by atoms with Gasteiger partial charge in [-0.3, -0.25) is 14.9 Å². The van der Waals surface area contributed by atoms with Crippen LogP contribution in [0.5, 0.6) is 11.5 Å². The second kappa shape index (κ2) is 10.1. The third kappa shape index (κ3) is 5.73. The summed E-state index contributed by atoms with van der Waals surface area (Å²) < 4.78 is 11.0. The Morgan fingerprint density at radius 2 is 1.94 bits per heavy atom. The lowest BCUT2D eigenvalue weighted by Gasteiger charge is -2.10. The summed E-state index contributed by atoms with van der Waals surface area (Å²) in [5.74, 6) is -0.365. The van der Waals surface area contributed by atoms with Crippen LogP contribution in [0.1, 0.15) is 32.5 Å². The molecular formula is C21H17N3O6S. The summed E-state index contributed by atoms with van der Waals surface area (Å²) in [5, 5.41) is 16.3. The van der Waals surface area contributed by atoms with E-state index in [1.54, 1.807) is 42.6 Å². The minimum absolute atomic E-state index is 0.108. The number of esters is 1. The number of hydrazone groups is 1. The van der Waals surface area contributed by atoms with E-state index in [1.165, 1.54) is 41.8 Å². The Hall–Kier alpha value is -4.05. The molecule has 0 radical (unpaired) electrons. The Labute approximate surface area is 181 Å². The summed E-state index contributed by atoms with van der Waals surface area (Å²) in [5.41, 5.74) is 3.07. The summed E-state index contributed by atoms with van der Waals surface area (Å²) in [6.45, 7) is 2.16. The third-order valence-corrected chi connectivity index (χ3v) is 4.76. The Morgan fingerprint density at radius 3 is 2.58 bits per heavy atom. The van der Waals surface area contributed by atoms with E-state index >= 15 is 0 Å². The van der Waals surface area contributed by atoms with Gasteiger partial charge in [0.15, 0.2) is 11.5 Å². The van der Waals surface area contributed by atoms with Crippen molar-refractivity contribution in [2.45, 2.75) is 6.92 Å². The highest BCUT2D eigenvalue weighted by molar-refractivity contribution is 7.12. The highest BCUT2D eigenvalue weighted by atomic mass is 32.1. The highest BCUT2D eigenvalue weighted by Gasteiger charge is 2.14. The van der Waals surface area contributed by atoms with Crippen LogP contribution in [0.25, 0.3) is 0 Å². The Bertz CT molecular complexity index is 1110. The van der Waals surface area contributed by atoms with E-state index in [-0.39, 0.29) is 17.0 Å². The first kappa shape index (κ1) is 21.7. The summed E-state index contributed by atoms with van der Waals surface area (Å²) >= 11 is 1.28. The molecule has 0 aliphatic heterocycles. The smallest absolute Gasteiger partial charge is 0.353 e. The van der Waals surface area contributed by atoms with E-state index < -0.39 is 16.8 Å². The molecule has 0 aliphatic rings. The molecule has 1 amide bonds. The fraction of sp³-hybridized carbons (Fsp3) is 0.0952. The van der Waals surface area contributed by atoms with Crippen LogP contribution in [-0.4, -0.2) is 29.6 Å². The van der Waals surface area contributed by atoms with Gasteiger partial charge in [0.05, 0.1) is 17.7 Å². The molecule has 158 valence electrons. The maximum absolute atomic E-state index is 12.2. The molecule has 10 heteroatoms. The van der Waals surface area contributed by atoms with Gasteiger partial charge in [0.1, 0.15) is 4.88 Å². The topological polar surface area (TPSA) is 120 Å². The van der Waals surface area contributed by atoms with Gasteiger partial charge in [-0.2, -0.15) is 5.10 Å². The number of nitro benzene ring substituents is 1. The van der Waals surface area contributed by atoms with E-state index in [9.17, 15) is 19.7 Å². The minimum Gasteiger partial charge on any atom is -0.490 e. The van der Waals surface area contributed by atoms with Crippen molar-refractivity contribution in [2.24, 2.45) is 5.10 Å². The van der Waals surface area contributed by atoms with E-state index in [2.05, 4.69) is 10.5 Å². The van der Waals surface area contributed by atoms with Gasteiger partial charge < -0.3 is 9.47 Å². The molecule has 0 unspecified atom stereocenters. The van der Waals surface area contributed by atoms with Crippen LogP contribution in [0.3, 0.4) is 0 Å². The van der Waals surface area contributed by atoms with Crippen LogP contribution in [0, 0.1) is 10.1 Å². The van der Waals surface area contributed by atoms with Gasteiger partial charge in [-0.25, -0.2) is 10.2 Å². The Morgan fingerprint density at radius 1 is 1.16 bits per heavy atom. The molecule has 0 aliphatic carbocycles. The van der Waals surface area contributed by atoms with Crippen LogP contribution in [-0.2, 0) is 0 Å². The van der Waals surface area contributed by atoms with E-state index in [1.807, 2.05) is 0 Å². The second-order valence-electron chi connectivity index (χ2n) is 6.01. The number of hydrogen-bond acceptors (Lipinski definition) is 8. The number of non-ortho nitro benzene ring substituents is 1. The van der Waals surface area contributed by atoms with Crippen LogP contribution >= 0.6 is 11.3 Å². The summed E-state index contributed by atoms with van der Waals surface area (Å²) in [6, 6.07) is 13.4. The standard InChI is InChI=1S/C21H17N3O6S/c1-2-29-18-12-14(5-10-17(18)30-21(26)19-4-3-11-31-19)13-22-23-20(25)15-6-8-16(9-7-15)24(27)28/h3-13H,2H2,1H3,(H,23,25)/b22-13+. The third-order valence-electron chi connectivity index (χ3n) is 3.91. The largest absolute Gasteiger partial charge is 0.490 e. The first-order valence-electron chi connectivity index (χ1n) is 9.08. The van der Waals surface area contributed by atoms with Crippen LogP contribution in [0.4, 0.5) is 5.69 Å². The molecule has 3 aromatic rings. The predicted molar refractivity (Wildman–Crippen MR) is 115 cm³/mol. The van der Waals surface area contributed by atoms with Crippen LogP contribution < -0.4 is 14.9 Å². The molecule has 0 spiro atoms. The van der Waals surface area contributed by atoms with Gasteiger partial charge in [0.25, 0.3) is 11.6 Å². The van der Waals surface area contributed by atoms with Gasteiger partial charge in [0, 0.05) is 17.7 Å². The predicted octanol–water partition coefficient (Wildman–Crippen LogP) is 4.04. The zero-order valence-electron chi connectivity index (χ0n) is 16.3. The number of thiophene rings is 1. The number of carbonyl (C=O) groups excluding carboxylic acids is 2.